The quantitative estimate of drug-likeness (QED) is 0.565. The van der Waals surface area contributed by atoms with Gasteiger partial charge in [-0.2, -0.15) is 13.2 Å². The lowest BCUT2D eigenvalue weighted by Gasteiger charge is -2.19. The molecule has 134 valence electrons. The normalized spacial score (nSPS) is 19.5. The van der Waals surface area contributed by atoms with Gasteiger partial charge in [0, 0.05) is 25.7 Å². The summed E-state index contributed by atoms with van der Waals surface area (Å²) in [6.45, 7) is 2.93. The summed E-state index contributed by atoms with van der Waals surface area (Å²) < 4.78 is 37.3. The molecule has 1 aromatic rings. The lowest BCUT2D eigenvalue weighted by Crippen LogP contribution is -2.45. The summed E-state index contributed by atoms with van der Waals surface area (Å²) in [5.74, 6) is 0.785. The number of nitrogens with zero attached hydrogens (tertiary/aromatic N) is 2. The molecule has 0 radical (unpaired) electrons. The van der Waals surface area contributed by atoms with E-state index in [0.717, 1.165) is 5.56 Å². The van der Waals surface area contributed by atoms with Crippen molar-refractivity contribution >= 4 is 5.96 Å². The second-order valence-electron chi connectivity index (χ2n) is 5.84. The van der Waals surface area contributed by atoms with Crippen molar-refractivity contribution in [3.63, 3.8) is 0 Å². The van der Waals surface area contributed by atoms with E-state index in [1.54, 1.807) is 24.3 Å². The minimum Gasteiger partial charge on any atom is -0.508 e. The Morgan fingerprint density at radius 2 is 2.04 bits per heavy atom. The highest BCUT2D eigenvalue weighted by atomic mass is 19.4. The maximum Gasteiger partial charge on any atom is 0.401 e. The Hall–Kier alpha value is -1.96. The first-order valence-corrected chi connectivity index (χ1v) is 7.97. The van der Waals surface area contributed by atoms with Gasteiger partial charge in [0.05, 0.1) is 13.1 Å². The molecule has 1 aliphatic rings. The first-order chi connectivity index (χ1) is 11.4. The Balaban J connectivity index is 1.89. The van der Waals surface area contributed by atoms with Crippen LogP contribution in [0.3, 0.4) is 0 Å². The van der Waals surface area contributed by atoms with Crippen molar-refractivity contribution in [2.45, 2.75) is 32.1 Å². The fourth-order valence-electron chi connectivity index (χ4n) is 2.63. The minimum atomic E-state index is -4.16. The van der Waals surface area contributed by atoms with Gasteiger partial charge in [-0.1, -0.05) is 12.1 Å². The standard InChI is InChI=1S/C16H23F3N4O/c1-2-20-15(21-9-12-3-5-14(24)6-4-12)22-13-7-8-23(10-13)11-16(17,18)19/h3-6,13,24H,2,7-11H2,1H3,(H2,20,21,22). The molecule has 1 heterocycles. The van der Waals surface area contributed by atoms with Crippen LogP contribution in [0.2, 0.25) is 0 Å². The monoisotopic (exact) mass is 344 g/mol. The molecule has 1 aliphatic heterocycles. The largest absolute Gasteiger partial charge is 0.508 e. The number of aromatic hydroxyl groups is 1. The van der Waals surface area contributed by atoms with Crippen LogP contribution < -0.4 is 10.6 Å². The van der Waals surface area contributed by atoms with Gasteiger partial charge in [-0.3, -0.25) is 4.90 Å². The van der Waals surface area contributed by atoms with Gasteiger partial charge in [0.2, 0.25) is 0 Å². The summed E-state index contributed by atoms with van der Waals surface area (Å²) in [5, 5.41) is 15.6. The van der Waals surface area contributed by atoms with Crippen molar-refractivity contribution in [3.8, 4) is 5.75 Å². The lowest BCUT2D eigenvalue weighted by molar-refractivity contribution is -0.143. The number of phenols is 1. The number of hydrogen-bond donors (Lipinski definition) is 3. The zero-order valence-electron chi connectivity index (χ0n) is 13.6. The van der Waals surface area contributed by atoms with E-state index < -0.39 is 12.7 Å². The highest BCUT2D eigenvalue weighted by Gasteiger charge is 2.34. The smallest absolute Gasteiger partial charge is 0.401 e. The number of hydrogen-bond acceptors (Lipinski definition) is 3. The number of nitrogens with one attached hydrogen (secondary N) is 2. The van der Waals surface area contributed by atoms with E-state index in [9.17, 15) is 18.3 Å². The van der Waals surface area contributed by atoms with Crippen LogP contribution in [0.4, 0.5) is 13.2 Å². The maximum atomic E-state index is 12.4. The third-order valence-electron chi connectivity index (χ3n) is 3.72. The lowest BCUT2D eigenvalue weighted by atomic mass is 10.2. The van der Waals surface area contributed by atoms with Crippen molar-refractivity contribution in [2.24, 2.45) is 4.99 Å². The molecule has 1 saturated heterocycles. The highest BCUT2D eigenvalue weighted by Crippen LogP contribution is 2.20. The Morgan fingerprint density at radius 3 is 2.67 bits per heavy atom. The number of halogens is 3. The van der Waals surface area contributed by atoms with Crippen LogP contribution in [0, 0.1) is 0 Å². The minimum absolute atomic E-state index is 0.0510. The van der Waals surface area contributed by atoms with Crippen LogP contribution in [0.25, 0.3) is 0 Å². The SMILES string of the molecule is CCNC(=NCc1ccc(O)cc1)NC1CCN(CC(F)(F)F)C1. The molecule has 0 spiro atoms. The van der Waals surface area contributed by atoms with Gasteiger partial charge in [0.25, 0.3) is 0 Å². The molecule has 2 rings (SSSR count). The average molecular weight is 344 g/mol. The second kappa shape index (κ2) is 8.23. The van der Waals surface area contributed by atoms with Gasteiger partial charge in [-0.05, 0) is 31.0 Å². The molecule has 0 amide bonds. The zero-order valence-corrected chi connectivity index (χ0v) is 13.6. The average Bonchev–Trinajstić information content (AvgIpc) is 2.91. The van der Waals surface area contributed by atoms with Crippen molar-refractivity contribution in [3.05, 3.63) is 29.8 Å². The van der Waals surface area contributed by atoms with E-state index in [1.807, 2.05) is 6.92 Å². The predicted octanol–water partition coefficient (Wildman–Crippen LogP) is 2.08. The molecule has 1 fully saturated rings. The number of benzene rings is 1. The van der Waals surface area contributed by atoms with Gasteiger partial charge in [0.15, 0.2) is 5.96 Å². The molecule has 1 atom stereocenters. The van der Waals surface area contributed by atoms with E-state index in [0.29, 0.717) is 38.6 Å². The van der Waals surface area contributed by atoms with Gasteiger partial charge in [-0.15, -0.1) is 0 Å². The van der Waals surface area contributed by atoms with Crippen LogP contribution >= 0.6 is 0 Å². The first-order valence-electron chi connectivity index (χ1n) is 7.97. The van der Waals surface area contributed by atoms with Crippen LogP contribution in [-0.4, -0.2) is 54.4 Å². The molecule has 0 aliphatic carbocycles. The predicted molar refractivity (Wildman–Crippen MR) is 87.0 cm³/mol. The Morgan fingerprint density at radius 1 is 1.33 bits per heavy atom. The molecular weight excluding hydrogens is 321 g/mol. The second-order valence-corrected chi connectivity index (χ2v) is 5.84. The summed E-state index contributed by atoms with van der Waals surface area (Å²) >= 11 is 0. The van der Waals surface area contributed by atoms with E-state index in [-0.39, 0.29) is 11.8 Å². The van der Waals surface area contributed by atoms with Crippen molar-refractivity contribution < 1.29 is 18.3 Å². The van der Waals surface area contributed by atoms with E-state index in [1.165, 1.54) is 4.90 Å². The van der Waals surface area contributed by atoms with Crippen molar-refractivity contribution in [1.82, 2.24) is 15.5 Å². The highest BCUT2D eigenvalue weighted by molar-refractivity contribution is 5.80. The Labute approximate surface area is 139 Å². The summed E-state index contributed by atoms with van der Waals surface area (Å²) in [6, 6.07) is 6.70. The molecule has 24 heavy (non-hydrogen) atoms. The summed E-state index contributed by atoms with van der Waals surface area (Å²) in [4.78, 5) is 5.85. The fraction of sp³-hybridized carbons (Fsp3) is 0.562. The molecule has 1 unspecified atom stereocenters. The molecule has 0 aromatic heterocycles. The molecule has 1 aromatic carbocycles. The Kier molecular flexibility index (Phi) is 6.30. The Bertz CT molecular complexity index is 545. The fourth-order valence-corrected chi connectivity index (χ4v) is 2.63. The first kappa shape index (κ1) is 18.4. The van der Waals surface area contributed by atoms with Gasteiger partial charge in [-0.25, -0.2) is 4.99 Å². The zero-order chi connectivity index (χ0) is 17.6. The number of likely N-dealkylation sites (tertiary alicyclic amines) is 1. The van der Waals surface area contributed by atoms with Crippen LogP contribution in [0.1, 0.15) is 18.9 Å². The van der Waals surface area contributed by atoms with Crippen LogP contribution in [0.5, 0.6) is 5.75 Å². The third-order valence-corrected chi connectivity index (χ3v) is 3.72. The van der Waals surface area contributed by atoms with Crippen molar-refractivity contribution in [1.29, 1.82) is 0 Å². The van der Waals surface area contributed by atoms with Gasteiger partial charge < -0.3 is 15.7 Å². The molecule has 0 bridgehead atoms. The molecule has 0 saturated carbocycles. The number of aliphatic imine (C=N–C) groups is 1. The maximum absolute atomic E-state index is 12.4. The van der Waals surface area contributed by atoms with Crippen molar-refractivity contribution in [2.75, 3.05) is 26.2 Å². The van der Waals surface area contributed by atoms with Gasteiger partial charge >= 0.3 is 6.18 Å². The summed E-state index contributed by atoms with van der Waals surface area (Å²) in [5.41, 5.74) is 0.940. The number of alkyl halides is 3. The number of rotatable bonds is 5. The number of guanidine groups is 1. The van der Waals surface area contributed by atoms with Gasteiger partial charge in [0.1, 0.15) is 5.75 Å². The number of phenolic OH excluding ortho intramolecular Hbond substituents is 1. The van der Waals surface area contributed by atoms with E-state index in [2.05, 4.69) is 15.6 Å². The molecular formula is C16H23F3N4O. The summed E-state index contributed by atoms with van der Waals surface area (Å²) in [7, 11) is 0. The van der Waals surface area contributed by atoms with E-state index >= 15 is 0 Å². The van der Waals surface area contributed by atoms with Crippen LogP contribution in [-0.2, 0) is 6.54 Å². The molecule has 3 N–H and O–H groups in total. The molecule has 5 nitrogen and oxygen atoms in total. The van der Waals surface area contributed by atoms with Crippen LogP contribution in [0.15, 0.2) is 29.3 Å². The summed E-state index contributed by atoms with van der Waals surface area (Å²) in [6.07, 6.45) is -3.51. The topological polar surface area (TPSA) is 59.9 Å². The van der Waals surface area contributed by atoms with E-state index in [4.69, 9.17) is 0 Å². The third kappa shape index (κ3) is 6.27. The molecule has 8 heteroatoms.